The van der Waals surface area contributed by atoms with Crippen LogP contribution in [0.15, 0.2) is 30.5 Å². The van der Waals surface area contributed by atoms with Crippen molar-refractivity contribution in [3.05, 3.63) is 47.5 Å². The predicted octanol–water partition coefficient (Wildman–Crippen LogP) is 5.94. The molecular weight excluding hydrogens is 535 g/mol. The summed E-state index contributed by atoms with van der Waals surface area (Å²) in [5.74, 6) is -2.72. The van der Waals surface area contributed by atoms with Crippen LogP contribution in [0.4, 0.5) is 22.0 Å². The number of hydrogen-bond donors (Lipinski definition) is 3. The number of imidazole rings is 1. The molecule has 2 heterocycles. The number of carbonyl (C=O) groups is 2. The van der Waals surface area contributed by atoms with Crippen molar-refractivity contribution in [2.24, 2.45) is 7.05 Å². The standard InChI is InChI=1S/C18H19F3N6O2.C6H10F2.C3H6/c1-27-14(5-7-24-27)17(29)23-10-15-25-12-3-2-11(8-13(12)26-15)9-22-16(28)4-6-18(19,20)21;7-6(8)4-2-1-3-5-6;1-2-3-1/h2-3,5,7-8H,4,6,9-10H2,1H3,(H,22,28)(H,23,29)(H,25,26);1-5H2;1-3H2. The van der Waals surface area contributed by atoms with Crippen molar-refractivity contribution in [3.8, 4) is 0 Å². The molecule has 2 aliphatic rings. The first-order valence-corrected chi connectivity index (χ1v) is 13.4. The van der Waals surface area contributed by atoms with E-state index in [-0.39, 0.29) is 31.8 Å². The van der Waals surface area contributed by atoms with E-state index < -0.39 is 30.8 Å². The molecule has 1 aromatic carbocycles. The van der Waals surface area contributed by atoms with Crippen LogP contribution in [0.5, 0.6) is 0 Å². The summed E-state index contributed by atoms with van der Waals surface area (Å²) in [7, 11) is 1.67. The van der Waals surface area contributed by atoms with Gasteiger partial charge in [0.15, 0.2) is 0 Å². The fourth-order valence-electron chi connectivity index (χ4n) is 3.77. The molecule has 2 amide bonds. The SMILES string of the molecule is C1CC1.Cn1nccc1C(=O)NCc1nc2ccc(CNC(=O)CCC(F)(F)F)cc2[nH]1.FC1(F)CCCCC1. The fraction of sp³-hybridized carbons (Fsp3) is 0.556. The predicted molar refractivity (Wildman–Crippen MR) is 139 cm³/mol. The summed E-state index contributed by atoms with van der Waals surface area (Å²) < 4.78 is 62.3. The molecule has 2 fully saturated rings. The zero-order valence-electron chi connectivity index (χ0n) is 22.4. The normalized spacial score (nSPS) is 15.8. The van der Waals surface area contributed by atoms with Gasteiger partial charge in [0.2, 0.25) is 11.8 Å². The molecule has 40 heavy (non-hydrogen) atoms. The van der Waals surface area contributed by atoms with E-state index in [1.54, 1.807) is 31.3 Å². The quantitative estimate of drug-likeness (QED) is 0.306. The highest BCUT2D eigenvalue weighted by Gasteiger charge is 2.30. The van der Waals surface area contributed by atoms with Gasteiger partial charge in [-0.1, -0.05) is 31.7 Å². The average Bonchev–Trinajstić information content (AvgIpc) is 3.63. The summed E-state index contributed by atoms with van der Waals surface area (Å²) in [5, 5.41) is 9.14. The van der Waals surface area contributed by atoms with Gasteiger partial charge in [0.1, 0.15) is 11.5 Å². The zero-order chi connectivity index (χ0) is 29.2. The van der Waals surface area contributed by atoms with Gasteiger partial charge in [0.25, 0.3) is 5.91 Å². The second-order valence-electron chi connectivity index (χ2n) is 9.93. The summed E-state index contributed by atoms with van der Waals surface area (Å²) in [6.45, 7) is 0.292. The van der Waals surface area contributed by atoms with Crippen molar-refractivity contribution in [1.82, 2.24) is 30.4 Å². The van der Waals surface area contributed by atoms with E-state index in [1.165, 1.54) is 30.1 Å². The van der Waals surface area contributed by atoms with Crippen LogP contribution in [0.2, 0.25) is 0 Å². The highest BCUT2D eigenvalue weighted by molar-refractivity contribution is 5.92. The van der Waals surface area contributed by atoms with Crippen LogP contribution >= 0.6 is 0 Å². The second kappa shape index (κ2) is 14.2. The Hall–Kier alpha value is -3.51. The molecule has 2 saturated carbocycles. The number of H-pyrrole nitrogens is 1. The van der Waals surface area contributed by atoms with Gasteiger partial charge >= 0.3 is 6.18 Å². The Morgan fingerprint density at radius 2 is 1.68 bits per heavy atom. The van der Waals surface area contributed by atoms with Crippen molar-refractivity contribution in [2.75, 3.05) is 0 Å². The van der Waals surface area contributed by atoms with Gasteiger partial charge in [0, 0.05) is 39.1 Å². The maximum Gasteiger partial charge on any atom is 0.389 e. The van der Waals surface area contributed by atoms with Crippen LogP contribution in [0.25, 0.3) is 11.0 Å². The first-order chi connectivity index (χ1) is 18.9. The molecule has 0 aliphatic heterocycles. The largest absolute Gasteiger partial charge is 0.389 e. The lowest BCUT2D eigenvalue weighted by molar-refractivity contribution is -0.144. The third-order valence-corrected chi connectivity index (χ3v) is 6.13. The fourth-order valence-corrected chi connectivity index (χ4v) is 3.77. The number of alkyl halides is 5. The number of nitrogens with zero attached hydrogens (tertiary/aromatic N) is 3. The summed E-state index contributed by atoms with van der Waals surface area (Å²) >= 11 is 0. The van der Waals surface area contributed by atoms with E-state index in [9.17, 15) is 31.5 Å². The third kappa shape index (κ3) is 11.3. The highest BCUT2D eigenvalue weighted by atomic mass is 19.4. The summed E-state index contributed by atoms with van der Waals surface area (Å²) in [5.41, 5.74) is 2.50. The molecule has 0 radical (unpaired) electrons. The minimum Gasteiger partial charge on any atom is -0.352 e. The number of nitrogens with one attached hydrogen (secondary N) is 3. The topological polar surface area (TPSA) is 105 Å². The number of amides is 2. The maximum absolute atomic E-state index is 12.2. The zero-order valence-corrected chi connectivity index (χ0v) is 22.4. The van der Waals surface area contributed by atoms with Crippen molar-refractivity contribution >= 4 is 22.8 Å². The van der Waals surface area contributed by atoms with Gasteiger partial charge in [0.05, 0.1) is 24.0 Å². The molecule has 2 aliphatic carbocycles. The first kappa shape index (κ1) is 31.0. The van der Waals surface area contributed by atoms with Crippen LogP contribution < -0.4 is 10.6 Å². The summed E-state index contributed by atoms with van der Waals surface area (Å²) in [6.07, 6.45) is 2.59. The molecule has 0 unspecified atom stereocenters. The molecule has 13 heteroatoms. The molecule has 3 aromatic rings. The van der Waals surface area contributed by atoms with Crippen LogP contribution in [-0.2, 0) is 24.9 Å². The van der Waals surface area contributed by atoms with E-state index in [4.69, 9.17) is 0 Å². The van der Waals surface area contributed by atoms with E-state index in [0.29, 0.717) is 41.0 Å². The van der Waals surface area contributed by atoms with Gasteiger partial charge in [-0.15, -0.1) is 0 Å². The van der Waals surface area contributed by atoms with Gasteiger partial charge < -0.3 is 15.6 Å². The van der Waals surface area contributed by atoms with Crippen LogP contribution in [0.3, 0.4) is 0 Å². The molecular formula is C27H35F5N6O2. The molecule has 0 atom stereocenters. The lowest BCUT2D eigenvalue weighted by Crippen LogP contribution is -2.25. The number of rotatable bonds is 7. The van der Waals surface area contributed by atoms with E-state index >= 15 is 0 Å². The Labute approximate surface area is 229 Å². The molecule has 5 rings (SSSR count). The first-order valence-electron chi connectivity index (χ1n) is 13.4. The number of benzene rings is 1. The average molecular weight is 571 g/mol. The molecule has 0 bridgehead atoms. The Morgan fingerprint density at radius 1 is 1.00 bits per heavy atom. The number of aromatic nitrogens is 4. The lowest BCUT2D eigenvalue weighted by Gasteiger charge is -2.20. The van der Waals surface area contributed by atoms with Crippen molar-refractivity contribution in [3.63, 3.8) is 0 Å². The van der Waals surface area contributed by atoms with E-state index in [0.717, 1.165) is 6.42 Å². The van der Waals surface area contributed by atoms with Crippen LogP contribution in [-0.4, -0.2) is 43.7 Å². The van der Waals surface area contributed by atoms with Gasteiger partial charge in [-0.05, 0) is 36.6 Å². The molecule has 2 aromatic heterocycles. The number of carbonyl (C=O) groups excluding carboxylic acids is 2. The molecule has 220 valence electrons. The van der Waals surface area contributed by atoms with Crippen molar-refractivity contribution in [1.29, 1.82) is 0 Å². The van der Waals surface area contributed by atoms with Crippen molar-refractivity contribution in [2.45, 2.75) is 89.4 Å². The van der Waals surface area contributed by atoms with Gasteiger partial charge in [-0.2, -0.15) is 18.3 Å². The van der Waals surface area contributed by atoms with Crippen LogP contribution in [0, 0.1) is 0 Å². The lowest BCUT2D eigenvalue weighted by atomic mass is 9.97. The molecule has 0 spiro atoms. The summed E-state index contributed by atoms with van der Waals surface area (Å²) in [4.78, 5) is 31.1. The number of aryl methyl sites for hydroxylation is 1. The smallest absolute Gasteiger partial charge is 0.352 e. The summed E-state index contributed by atoms with van der Waals surface area (Å²) in [6, 6.07) is 6.81. The Balaban J connectivity index is 0.000000331. The van der Waals surface area contributed by atoms with Crippen LogP contribution in [0.1, 0.15) is 86.1 Å². The molecule has 3 N–H and O–H groups in total. The Morgan fingerprint density at radius 3 is 2.23 bits per heavy atom. The van der Waals surface area contributed by atoms with Gasteiger partial charge in [-0.3, -0.25) is 14.3 Å². The monoisotopic (exact) mass is 570 g/mol. The molecule has 0 saturated heterocycles. The number of aromatic amines is 1. The minimum atomic E-state index is -4.35. The Kier molecular flexibility index (Phi) is 11.0. The number of halogens is 5. The van der Waals surface area contributed by atoms with E-state index in [2.05, 4.69) is 25.7 Å². The van der Waals surface area contributed by atoms with Gasteiger partial charge in [-0.25, -0.2) is 13.8 Å². The number of fused-ring (bicyclic) bond motifs is 1. The number of hydrogen-bond acceptors (Lipinski definition) is 4. The van der Waals surface area contributed by atoms with E-state index in [1.807, 2.05) is 0 Å². The maximum atomic E-state index is 12.2. The molecule has 8 nitrogen and oxygen atoms in total. The Bertz CT molecular complexity index is 1240. The van der Waals surface area contributed by atoms with Crippen molar-refractivity contribution < 1.29 is 31.5 Å². The minimum absolute atomic E-state index is 0.109. The third-order valence-electron chi connectivity index (χ3n) is 6.13. The second-order valence-corrected chi connectivity index (χ2v) is 9.93. The highest BCUT2D eigenvalue weighted by Crippen LogP contribution is 2.32.